The van der Waals surface area contributed by atoms with Gasteiger partial charge in [0.25, 0.3) is 0 Å². The number of hydrogen-bond donors (Lipinski definition) is 1. The number of aryl methyl sites for hydroxylation is 1. The van der Waals surface area contributed by atoms with Gasteiger partial charge in [-0.25, -0.2) is 4.79 Å². The van der Waals surface area contributed by atoms with Gasteiger partial charge < -0.3 is 19.6 Å². The number of hydrogen-bond acceptors (Lipinski definition) is 5. The lowest BCUT2D eigenvalue weighted by Crippen LogP contribution is -2.57. The van der Waals surface area contributed by atoms with Gasteiger partial charge in [0.1, 0.15) is 0 Å². The Bertz CT molecular complexity index is 609. The molecule has 0 bridgehead atoms. The molecule has 2 heterocycles. The topological polar surface area (TPSA) is 74.5 Å². The number of piperidine rings is 1. The SMILES string of the molecule is Cc1noc(C2CCN(C(=O)NCC3(N(C)C)CCCC(C)C3)CC2)n1. The Kier molecular flexibility index (Phi) is 5.85. The van der Waals surface area contributed by atoms with E-state index in [-0.39, 0.29) is 17.5 Å². The van der Waals surface area contributed by atoms with Crippen LogP contribution < -0.4 is 5.32 Å². The molecular weight excluding hydrogens is 330 g/mol. The average Bonchev–Trinajstić information content (AvgIpc) is 3.06. The van der Waals surface area contributed by atoms with Crippen LogP contribution in [0.2, 0.25) is 0 Å². The molecule has 7 heteroatoms. The first-order valence-electron chi connectivity index (χ1n) is 9.90. The zero-order chi connectivity index (χ0) is 18.7. The van der Waals surface area contributed by atoms with Crippen molar-refractivity contribution in [1.82, 2.24) is 25.3 Å². The molecule has 7 nitrogen and oxygen atoms in total. The Morgan fingerprint density at radius 2 is 2.08 bits per heavy atom. The van der Waals surface area contributed by atoms with E-state index < -0.39 is 0 Å². The summed E-state index contributed by atoms with van der Waals surface area (Å²) in [6.07, 6.45) is 6.61. The van der Waals surface area contributed by atoms with Gasteiger partial charge in [0.15, 0.2) is 5.82 Å². The third kappa shape index (κ3) is 4.19. The molecule has 1 N–H and O–H groups in total. The predicted octanol–water partition coefficient (Wildman–Crippen LogP) is 2.78. The van der Waals surface area contributed by atoms with Gasteiger partial charge in [-0.2, -0.15) is 4.98 Å². The molecule has 1 aliphatic carbocycles. The maximum Gasteiger partial charge on any atom is 0.317 e. The summed E-state index contributed by atoms with van der Waals surface area (Å²) in [6, 6.07) is 0.0598. The molecule has 2 amide bonds. The van der Waals surface area contributed by atoms with E-state index >= 15 is 0 Å². The first kappa shape index (κ1) is 19.1. The lowest BCUT2D eigenvalue weighted by atomic mass is 9.75. The van der Waals surface area contributed by atoms with Crippen LogP contribution in [0.15, 0.2) is 4.52 Å². The van der Waals surface area contributed by atoms with Crippen molar-refractivity contribution in [2.45, 2.75) is 63.8 Å². The number of carbonyl (C=O) groups excluding carboxylic acids is 1. The largest absolute Gasteiger partial charge is 0.339 e. The first-order valence-corrected chi connectivity index (χ1v) is 9.90. The smallest absolute Gasteiger partial charge is 0.317 e. The molecule has 3 rings (SSSR count). The number of nitrogens with one attached hydrogen (secondary N) is 1. The maximum atomic E-state index is 12.7. The van der Waals surface area contributed by atoms with Crippen LogP contribution in [0, 0.1) is 12.8 Å². The van der Waals surface area contributed by atoms with Crippen molar-refractivity contribution < 1.29 is 9.32 Å². The summed E-state index contributed by atoms with van der Waals surface area (Å²) in [6.45, 7) is 6.37. The minimum Gasteiger partial charge on any atom is -0.339 e. The molecule has 2 fully saturated rings. The monoisotopic (exact) mass is 363 g/mol. The normalized spacial score (nSPS) is 27.7. The van der Waals surface area contributed by atoms with Crippen LogP contribution in [-0.2, 0) is 0 Å². The summed E-state index contributed by atoms with van der Waals surface area (Å²) in [7, 11) is 4.28. The van der Waals surface area contributed by atoms with Crippen molar-refractivity contribution in [2.75, 3.05) is 33.7 Å². The number of aromatic nitrogens is 2. The van der Waals surface area contributed by atoms with Crippen LogP contribution in [0.1, 0.15) is 63.1 Å². The zero-order valence-electron chi connectivity index (χ0n) is 16.6. The Morgan fingerprint density at radius 3 is 2.65 bits per heavy atom. The van der Waals surface area contributed by atoms with Crippen LogP contribution in [0.25, 0.3) is 0 Å². The fraction of sp³-hybridized carbons (Fsp3) is 0.842. The summed E-state index contributed by atoms with van der Waals surface area (Å²) >= 11 is 0. The van der Waals surface area contributed by atoms with E-state index in [4.69, 9.17) is 4.52 Å². The van der Waals surface area contributed by atoms with Gasteiger partial charge in [-0.15, -0.1) is 0 Å². The van der Waals surface area contributed by atoms with Gasteiger partial charge >= 0.3 is 6.03 Å². The van der Waals surface area contributed by atoms with Crippen LogP contribution in [-0.4, -0.2) is 65.2 Å². The molecule has 1 aromatic heterocycles. The standard InChI is InChI=1S/C19H33N5O2/c1-14-6-5-9-19(12-14,23(3)4)13-20-18(25)24-10-7-16(8-11-24)17-21-15(2)22-26-17/h14,16H,5-13H2,1-4H3,(H,20,25). The number of carbonyl (C=O) groups is 1. The second kappa shape index (κ2) is 7.94. The Morgan fingerprint density at radius 1 is 1.35 bits per heavy atom. The summed E-state index contributed by atoms with van der Waals surface area (Å²) in [5.74, 6) is 2.38. The van der Waals surface area contributed by atoms with Crippen LogP contribution in [0.3, 0.4) is 0 Å². The second-order valence-electron chi connectivity index (χ2n) is 8.42. The lowest BCUT2D eigenvalue weighted by Gasteiger charge is -2.45. The molecule has 0 spiro atoms. The summed E-state index contributed by atoms with van der Waals surface area (Å²) in [4.78, 5) is 21.3. The highest BCUT2D eigenvalue weighted by Gasteiger charge is 2.37. The van der Waals surface area contributed by atoms with E-state index in [0.717, 1.165) is 51.2 Å². The van der Waals surface area contributed by atoms with Gasteiger partial charge in [0, 0.05) is 31.1 Å². The molecule has 1 aromatic rings. The number of amides is 2. The molecule has 2 aliphatic rings. The van der Waals surface area contributed by atoms with E-state index in [1.807, 2.05) is 11.8 Å². The maximum absolute atomic E-state index is 12.7. The molecule has 0 radical (unpaired) electrons. The summed E-state index contributed by atoms with van der Waals surface area (Å²) in [5, 5.41) is 7.09. The van der Waals surface area contributed by atoms with Crippen molar-refractivity contribution >= 4 is 6.03 Å². The Labute approximate surface area is 156 Å². The van der Waals surface area contributed by atoms with Crippen molar-refractivity contribution in [3.05, 3.63) is 11.7 Å². The highest BCUT2D eigenvalue weighted by atomic mass is 16.5. The highest BCUT2D eigenvalue weighted by molar-refractivity contribution is 5.74. The highest BCUT2D eigenvalue weighted by Crippen LogP contribution is 2.35. The van der Waals surface area contributed by atoms with Crippen LogP contribution in [0.5, 0.6) is 0 Å². The average molecular weight is 364 g/mol. The van der Waals surface area contributed by atoms with E-state index in [1.165, 1.54) is 12.8 Å². The first-order chi connectivity index (χ1) is 12.4. The van der Waals surface area contributed by atoms with Crippen molar-refractivity contribution in [1.29, 1.82) is 0 Å². The molecular formula is C19H33N5O2. The van der Waals surface area contributed by atoms with Crippen LogP contribution >= 0.6 is 0 Å². The molecule has 26 heavy (non-hydrogen) atoms. The predicted molar refractivity (Wildman–Crippen MR) is 100 cm³/mol. The summed E-state index contributed by atoms with van der Waals surface area (Å²) in [5.41, 5.74) is 0.0902. The third-order valence-electron chi connectivity index (χ3n) is 6.26. The third-order valence-corrected chi connectivity index (χ3v) is 6.26. The van der Waals surface area contributed by atoms with E-state index in [0.29, 0.717) is 11.7 Å². The van der Waals surface area contributed by atoms with Crippen molar-refractivity contribution in [3.63, 3.8) is 0 Å². The summed E-state index contributed by atoms with van der Waals surface area (Å²) < 4.78 is 5.29. The molecule has 2 unspecified atom stereocenters. The van der Waals surface area contributed by atoms with E-state index in [9.17, 15) is 4.79 Å². The fourth-order valence-corrected chi connectivity index (χ4v) is 4.52. The molecule has 2 atom stereocenters. The van der Waals surface area contributed by atoms with E-state index in [1.54, 1.807) is 0 Å². The lowest BCUT2D eigenvalue weighted by molar-refractivity contribution is 0.0746. The minimum atomic E-state index is 0.0598. The van der Waals surface area contributed by atoms with Gasteiger partial charge in [0.2, 0.25) is 5.89 Å². The van der Waals surface area contributed by atoms with Gasteiger partial charge in [-0.05, 0) is 52.6 Å². The minimum absolute atomic E-state index is 0.0598. The van der Waals surface area contributed by atoms with E-state index in [2.05, 4.69) is 41.4 Å². The Hall–Kier alpha value is -1.63. The molecule has 146 valence electrons. The second-order valence-corrected chi connectivity index (χ2v) is 8.42. The zero-order valence-corrected chi connectivity index (χ0v) is 16.6. The fourth-order valence-electron chi connectivity index (χ4n) is 4.52. The van der Waals surface area contributed by atoms with Gasteiger partial charge in [0.05, 0.1) is 0 Å². The van der Waals surface area contributed by atoms with Crippen molar-refractivity contribution in [3.8, 4) is 0 Å². The number of likely N-dealkylation sites (N-methyl/N-ethyl adjacent to an activating group) is 1. The quantitative estimate of drug-likeness (QED) is 0.890. The number of urea groups is 1. The van der Waals surface area contributed by atoms with Crippen LogP contribution in [0.4, 0.5) is 4.79 Å². The molecule has 1 saturated carbocycles. The van der Waals surface area contributed by atoms with Gasteiger partial charge in [-0.3, -0.25) is 0 Å². The Balaban J connectivity index is 1.51. The molecule has 0 aromatic carbocycles. The number of rotatable bonds is 4. The van der Waals surface area contributed by atoms with Gasteiger partial charge in [-0.1, -0.05) is 24.9 Å². The number of nitrogens with zero attached hydrogens (tertiary/aromatic N) is 4. The number of likely N-dealkylation sites (tertiary alicyclic amines) is 1. The molecule has 1 saturated heterocycles. The van der Waals surface area contributed by atoms with Crippen molar-refractivity contribution in [2.24, 2.45) is 5.92 Å². The molecule has 1 aliphatic heterocycles.